The summed E-state index contributed by atoms with van der Waals surface area (Å²) in [5.74, 6) is -1.04. The molecular weight excluding hydrogens is 366 g/mol. The number of carbonyl (C=O) groups is 2. The number of aryl methyl sites for hydroxylation is 1. The van der Waals surface area contributed by atoms with E-state index in [2.05, 4.69) is 0 Å². The standard InChI is InChI=1S/C16H17NO6S2/c1-4-22-15(19)13-9(2)24-16(14(13)23-10(3)18)25-12-8-6-5-7-11(12)17(20)21/h5-8,17,20H,4H2,1-3H3. The highest BCUT2D eigenvalue weighted by molar-refractivity contribution is 8.01. The van der Waals surface area contributed by atoms with Crippen LogP contribution in [0, 0.1) is 12.1 Å². The van der Waals surface area contributed by atoms with Gasteiger partial charge in [-0.3, -0.25) is 4.79 Å². The Morgan fingerprint density at radius 2 is 2.04 bits per heavy atom. The van der Waals surface area contributed by atoms with E-state index in [9.17, 15) is 20.0 Å². The third kappa shape index (κ3) is 4.59. The van der Waals surface area contributed by atoms with Gasteiger partial charge in [-0.15, -0.1) is 11.3 Å². The molecule has 134 valence electrons. The number of quaternary nitrogens is 1. The van der Waals surface area contributed by atoms with E-state index >= 15 is 0 Å². The summed E-state index contributed by atoms with van der Waals surface area (Å²) >= 11 is 2.38. The van der Waals surface area contributed by atoms with Crippen LogP contribution in [0.25, 0.3) is 0 Å². The molecule has 2 aromatic rings. The molecule has 2 N–H and O–H groups in total. The second-order valence-electron chi connectivity index (χ2n) is 4.87. The lowest BCUT2D eigenvalue weighted by atomic mass is 10.2. The van der Waals surface area contributed by atoms with E-state index in [1.165, 1.54) is 24.3 Å². The normalized spacial score (nSPS) is 11.9. The first kappa shape index (κ1) is 19.4. The molecule has 0 aliphatic heterocycles. The molecule has 0 bridgehead atoms. The van der Waals surface area contributed by atoms with E-state index in [0.29, 0.717) is 14.0 Å². The molecule has 1 aromatic heterocycles. The van der Waals surface area contributed by atoms with E-state index in [1.807, 2.05) is 0 Å². The monoisotopic (exact) mass is 383 g/mol. The van der Waals surface area contributed by atoms with Crippen LogP contribution in [0.15, 0.2) is 33.4 Å². The number of hydrogen-bond acceptors (Lipinski definition) is 8. The van der Waals surface area contributed by atoms with Crippen LogP contribution < -0.4 is 9.96 Å². The van der Waals surface area contributed by atoms with E-state index < -0.39 is 17.2 Å². The predicted molar refractivity (Wildman–Crippen MR) is 92.7 cm³/mol. The maximum absolute atomic E-state index is 12.2. The second-order valence-corrected chi connectivity index (χ2v) is 7.40. The first-order chi connectivity index (χ1) is 11.8. The molecule has 1 unspecified atom stereocenters. The number of carbonyl (C=O) groups excluding carboxylic acids is 2. The number of para-hydroxylation sites is 1. The van der Waals surface area contributed by atoms with Gasteiger partial charge in [-0.2, -0.15) is 5.23 Å². The minimum Gasteiger partial charge on any atom is -0.595 e. The number of thiophene rings is 1. The number of nitrogens with one attached hydrogen (secondary N) is 1. The van der Waals surface area contributed by atoms with Crippen molar-refractivity contribution >= 4 is 40.7 Å². The fourth-order valence-electron chi connectivity index (χ4n) is 2.07. The average Bonchev–Trinajstić information content (AvgIpc) is 2.82. The van der Waals surface area contributed by atoms with Gasteiger partial charge < -0.3 is 14.7 Å². The van der Waals surface area contributed by atoms with Gasteiger partial charge in [-0.1, -0.05) is 23.9 Å². The Bertz CT molecular complexity index is 787. The number of esters is 2. The summed E-state index contributed by atoms with van der Waals surface area (Å²) in [5, 5.41) is 19.6. The molecule has 0 fully saturated rings. The molecule has 0 spiro atoms. The molecule has 0 radical (unpaired) electrons. The zero-order chi connectivity index (χ0) is 18.6. The molecule has 0 aliphatic rings. The van der Waals surface area contributed by atoms with Crippen LogP contribution in [0.2, 0.25) is 0 Å². The highest BCUT2D eigenvalue weighted by Crippen LogP contribution is 2.46. The Labute approximate surface area is 152 Å². The summed E-state index contributed by atoms with van der Waals surface area (Å²) in [6.45, 7) is 4.83. The fraction of sp³-hybridized carbons (Fsp3) is 0.250. The van der Waals surface area contributed by atoms with Crippen LogP contribution in [0.1, 0.15) is 29.1 Å². The maximum atomic E-state index is 12.2. The van der Waals surface area contributed by atoms with Crippen molar-refractivity contribution in [2.24, 2.45) is 0 Å². The Kier molecular flexibility index (Phi) is 6.57. The van der Waals surface area contributed by atoms with Crippen LogP contribution in [-0.2, 0) is 9.53 Å². The number of ether oxygens (including phenoxy) is 2. The van der Waals surface area contributed by atoms with Crippen LogP contribution in [0.5, 0.6) is 5.75 Å². The van der Waals surface area contributed by atoms with Gasteiger partial charge in [0.1, 0.15) is 9.77 Å². The highest BCUT2D eigenvalue weighted by Gasteiger charge is 2.27. The lowest BCUT2D eigenvalue weighted by Gasteiger charge is -2.15. The SMILES string of the molecule is CCOC(=O)c1c(C)sc(Sc2ccccc2[NH+]([O-])O)c1OC(C)=O. The number of hydrogen-bond donors (Lipinski definition) is 2. The maximum Gasteiger partial charge on any atom is 0.343 e. The summed E-state index contributed by atoms with van der Waals surface area (Å²) in [4.78, 5) is 24.8. The minimum absolute atomic E-state index is 0.110. The average molecular weight is 383 g/mol. The molecular formula is C16H17NO6S2. The van der Waals surface area contributed by atoms with Gasteiger partial charge >= 0.3 is 11.9 Å². The first-order valence-corrected chi connectivity index (χ1v) is 8.97. The van der Waals surface area contributed by atoms with Gasteiger partial charge in [0.2, 0.25) is 0 Å². The lowest BCUT2D eigenvalue weighted by Crippen LogP contribution is -2.99. The summed E-state index contributed by atoms with van der Waals surface area (Å²) in [7, 11) is 0. The number of rotatable bonds is 6. The molecule has 0 saturated carbocycles. The smallest absolute Gasteiger partial charge is 0.343 e. The van der Waals surface area contributed by atoms with Gasteiger partial charge in [0.15, 0.2) is 11.4 Å². The Morgan fingerprint density at radius 1 is 1.36 bits per heavy atom. The molecule has 25 heavy (non-hydrogen) atoms. The van der Waals surface area contributed by atoms with Crippen molar-refractivity contribution in [3.8, 4) is 5.75 Å². The van der Waals surface area contributed by atoms with Crippen molar-refractivity contribution in [1.29, 1.82) is 0 Å². The molecule has 2 rings (SSSR count). The van der Waals surface area contributed by atoms with E-state index in [1.54, 1.807) is 32.0 Å². The lowest BCUT2D eigenvalue weighted by molar-refractivity contribution is -0.992. The Balaban J connectivity index is 2.49. The van der Waals surface area contributed by atoms with Crippen molar-refractivity contribution in [2.75, 3.05) is 6.61 Å². The molecule has 7 nitrogen and oxygen atoms in total. The molecule has 1 atom stereocenters. The fourth-order valence-corrected chi connectivity index (χ4v) is 4.53. The zero-order valence-electron chi connectivity index (χ0n) is 13.8. The summed E-state index contributed by atoms with van der Waals surface area (Å²) in [6, 6.07) is 6.49. The number of benzene rings is 1. The van der Waals surface area contributed by atoms with Crippen LogP contribution in [0.3, 0.4) is 0 Å². The van der Waals surface area contributed by atoms with E-state index in [4.69, 9.17) is 9.47 Å². The summed E-state index contributed by atoms with van der Waals surface area (Å²) in [6.07, 6.45) is 0. The Hall–Kier alpha value is -1.91. The largest absolute Gasteiger partial charge is 0.595 e. The topological polar surface area (TPSA) is 100 Å². The van der Waals surface area contributed by atoms with E-state index in [0.717, 1.165) is 11.8 Å². The van der Waals surface area contributed by atoms with Gasteiger partial charge in [0.05, 0.1) is 11.5 Å². The van der Waals surface area contributed by atoms with Crippen molar-refractivity contribution < 1.29 is 29.5 Å². The third-order valence-corrected chi connectivity index (χ3v) is 5.38. The minimum atomic E-state index is -1.06. The zero-order valence-corrected chi connectivity index (χ0v) is 15.5. The molecule has 1 aromatic carbocycles. The van der Waals surface area contributed by atoms with Crippen LogP contribution in [-0.4, -0.2) is 23.8 Å². The van der Waals surface area contributed by atoms with Crippen molar-refractivity contribution in [3.05, 3.63) is 39.9 Å². The summed E-state index contributed by atoms with van der Waals surface area (Å²) in [5.41, 5.74) is 0.322. The first-order valence-electron chi connectivity index (χ1n) is 7.34. The van der Waals surface area contributed by atoms with Gasteiger partial charge in [0, 0.05) is 17.9 Å². The van der Waals surface area contributed by atoms with Crippen molar-refractivity contribution in [3.63, 3.8) is 0 Å². The molecule has 0 saturated heterocycles. The third-order valence-electron chi connectivity index (χ3n) is 3.06. The molecule has 9 heteroatoms. The van der Waals surface area contributed by atoms with E-state index in [-0.39, 0.29) is 23.6 Å². The summed E-state index contributed by atoms with van der Waals surface area (Å²) < 4.78 is 10.8. The molecule has 0 amide bonds. The van der Waals surface area contributed by atoms with Gasteiger partial charge in [-0.05, 0) is 19.9 Å². The highest BCUT2D eigenvalue weighted by atomic mass is 32.2. The van der Waals surface area contributed by atoms with Crippen molar-refractivity contribution in [1.82, 2.24) is 0 Å². The predicted octanol–water partition coefficient (Wildman–Crippen LogP) is 2.71. The van der Waals surface area contributed by atoms with Gasteiger partial charge in [-0.25, -0.2) is 10.0 Å². The quantitative estimate of drug-likeness (QED) is 0.584. The second kappa shape index (κ2) is 8.45. The van der Waals surface area contributed by atoms with Crippen LogP contribution in [0.4, 0.5) is 5.69 Å². The van der Waals surface area contributed by atoms with Crippen molar-refractivity contribution in [2.45, 2.75) is 29.9 Å². The Morgan fingerprint density at radius 3 is 2.64 bits per heavy atom. The molecule has 1 heterocycles. The van der Waals surface area contributed by atoms with Crippen LogP contribution >= 0.6 is 23.1 Å². The molecule has 0 aliphatic carbocycles. The van der Waals surface area contributed by atoms with Gasteiger partial charge in [0.25, 0.3) is 0 Å².